The van der Waals surface area contributed by atoms with Crippen LogP contribution in [0.25, 0.3) is 11.2 Å². The van der Waals surface area contributed by atoms with E-state index >= 15 is 0 Å². The van der Waals surface area contributed by atoms with Crippen molar-refractivity contribution in [2.24, 2.45) is 0 Å². The standard InChI is InChI=1S/C20H27N5O2/c1-3-5-12-24-17-16(18(26)25(20(24)27)13-6-4-2)22-19(23-17)21-14-15-10-8-7-9-11-15/h7-11H,3-6,12-14H2,1-2H3,(H2,21,22,23). The van der Waals surface area contributed by atoms with Gasteiger partial charge in [-0.15, -0.1) is 0 Å². The lowest BCUT2D eigenvalue weighted by atomic mass is 10.2. The fourth-order valence-electron chi connectivity index (χ4n) is 3.06. The third-order valence-electron chi connectivity index (χ3n) is 4.63. The predicted molar refractivity (Wildman–Crippen MR) is 108 cm³/mol. The Labute approximate surface area is 158 Å². The van der Waals surface area contributed by atoms with Gasteiger partial charge in [0.2, 0.25) is 5.95 Å². The molecule has 2 N–H and O–H groups in total. The van der Waals surface area contributed by atoms with Crippen LogP contribution in [-0.2, 0) is 19.6 Å². The van der Waals surface area contributed by atoms with E-state index in [-0.39, 0.29) is 11.2 Å². The smallest absolute Gasteiger partial charge is 0.332 e. The number of fused-ring (bicyclic) bond motifs is 1. The van der Waals surface area contributed by atoms with Crippen molar-refractivity contribution in [1.29, 1.82) is 0 Å². The molecule has 2 aromatic heterocycles. The monoisotopic (exact) mass is 369 g/mol. The van der Waals surface area contributed by atoms with E-state index in [1.165, 1.54) is 4.57 Å². The number of nitrogens with one attached hydrogen (secondary N) is 2. The second-order valence-corrected chi connectivity index (χ2v) is 6.72. The van der Waals surface area contributed by atoms with E-state index in [1.807, 2.05) is 37.3 Å². The molecule has 0 bridgehead atoms. The van der Waals surface area contributed by atoms with E-state index in [0.29, 0.717) is 36.7 Å². The summed E-state index contributed by atoms with van der Waals surface area (Å²) in [4.78, 5) is 33.3. The molecule has 1 aromatic carbocycles. The maximum atomic E-state index is 12.9. The molecule has 0 atom stereocenters. The molecular formula is C20H27N5O2. The van der Waals surface area contributed by atoms with Gasteiger partial charge in [-0.25, -0.2) is 4.79 Å². The minimum absolute atomic E-state index is 0.268. The number of aryl methyl sites for hydroxylation is 1. The number of aromatic amines is 1. The highest BCUT2D eigenvalue weighted by Crippen LogP contribution is 2.12. The fraction of sp³-hybridized carbons (Fsp3) is 0.450. The molecular weight excluding hydrogens is 342 g/mol. The van der Waals surface area contributed by atoms with Crippen LogP contribution in [0.3, 0.4) is 0 Å². The highest BCUT2D eigenvalue weighted by molar-refractivity contribution is 5.72. The van der Waals surface area contributed by atoms with Crippen molar-refractivity contribution in [3.05, 3.63) is 56.7 Å². The van der Waals surface area contributed by atoms with Gasteiger partial charge in [0.1, 0.15) is 0 Å². The van der Waals surface area contributed by atoms with Crippen LogP contribution in [-0.4, -0.2) is 19.1 Å². The topological polar surface area (TPSA) is 84.7 Å². The van der Waals surface area contributed by atoms with Gasteiger partial charge >= 0.3 is 5.69 Å². The first-order valence-corrected chi connectivity index (χ1v) is 9.66. The number of anilines is 1. The lowest BCUT2D eigenvalue weighted by molar-refractivity contribution is 0.530. The largest absolute Gasteiger partial charge is 0.352 e. The summed E-state index contributed by atoms with van der Waals surface area (Å²) >= 11 is 0. The van der Waals surface area contributed by atoms with E-state index in [0.717, 1.165) is 31.2 Å². The molecule has 3 aromatic rings. The maximum Gasteiger partial charge on any atom is 0.332 e. The lowest BCUT2D eigenvalue weighted by Gasteiger charge is -2.10. The predicted octanol–water partition coefficient (Wildman–Crippen LogP) is 3.10. The number of hydrogen-bond acceptors (Lipinski definition) is 4. The second kappa shape index (κ2) is 8.70. The molecule has 3 rings (SSSR count). The van der Waals surface area contributed by atoms with E-state index in [2.05, 4.69) is 22.2 Å². The van der Waals surface area contributed by atoms with Crippen LogP contribution in [0.1, 0.15) is 45.1 Å². The molecule has 0 saturated carbocycles. The summed E-state index contributed by atoms with van der Waals surface area (Å²) < 4.78 is 2.96. The molecule has 7 heteroatoms. The van der Waals surface area contributed by atoms with Crippen LogP contribution >= 0.6 is 0 Å². The third kappa shape index (κ3) is 4.13. The average Bonchev–Trinajstić information content (AvgIpc) is 3.11. The van der Waals surface area contributed by atoms with Crippen LogP contribution in [0.15, 0.2) is 39.9 Å². The zero-order chi connectivity index (χ0) is 19.2. The second-order valence-electron chi connectivity index (χ2n) is 6.72. The molecule has 0 fully saturated rings. The number of unbranched alkanes of at least 4 members (excludes halogenated alkanes) is 2. The summed E-state index contributed by atoms with van der Waals surface area (Å²) in [6, 6.07) is 9.96. The van der Waals surface area contributed by atoms with Crippen molar-refractivity contribution in [2.45, 2.75) is 59.2 Å². The molecule has 0 aliphatic rings. The van der Waals surface area contributed by atoms with Crippen LogP contribution in [0.5, 0.6) is 0 Å². The number of H-pyrrole nitrogens is 1. The number of imidazole rings is 1. The van der Waals surface area contributed by atoms with Gasteiger partial charge in [-0.05, 0) is 18.4 Å². The molecule has 27 heavy (non-hydrogen) atoms. The van der Waals surface area contributed by atoms with Crippen LogP contribution in [0.2, 0.25) is 0 Å². The molecule has 7 nitrogen and oxygen atoms in total. The van der Waals surface area contributed by atoms with Gasteiger partial charge in [0.25, 0.3) is 5.56 Å². The zero-order valence-corrected chi connectivity index (χ0v) is 16.0. The van der Waals surface area contributed by atoms with E-state index in [9.17, 15) is 9.59 Å². The highest BCUT2D eigenvalue weighted by atomic mass is 16.2. The SMILES string of the molecule is CCCCn1c(=O)c2[nH]c(NCc3ccccc3)nc2n(CCCC)c1=O. The quantitative estimate of drug-likeness (QED) is 0.607. The Balaban J connectivity index is 2.00. The number of nitrogens with zero attached hydrogens (tertiary/aromatic N) is 3. The number of aromatic nitrogens is 4. The lowest BCUT2D eigenvalue weighted by Crippen LogP contribution is -2.40. The molecule has 2 heterocycles. The molecule has 144 valence electrons. The molecule has 0 aliphatic heterocycles. The molecule has 0 spiro atoms. The zero-order valence-electron chi connectivity index (χ0n) is 16.0. The van der Waals surface area contributed by atoms with E-state index < -0.39 is 0 Å². The minimum Gasteiger partial charge on any atom is -0.352 e. The third-order valence-corrected chi connectivity index (χ3v) is 4.63. The Morgan fingerprint density at radius 3 is 2.33 bits per heavy atom. The molecule has 0 aliphatic carbocycles. The normalized spacial score (nSPS) is 11.2. The highest BCUT2D eigenvalue weighted by Gasteiger charge is 2.16. The van der Waals surface area contributed by atoms with Gasteiger partial charge in [0.15, 0.2) is 11.2 Å². The Kier molecular flexibility index (Phi) is 6.11. The first-order chi connectivity index (χ1) is 13.2. The first-order valence-electron chi connectivity index (χ1n) is 9.66. The van der Waals surface area contributed by atoms with Gasteiger partial charge in [-0.2, -0.15) is 4.98 Å². The van der Waals surface area contributed by atoms with Crippen molar-refractivity contribution in [2.75, 3.05) is 5.32 Å². The Morgan fingerprint density at radius 2 is 1.67 bits per heavy atom. The van der Waals surface area contributed by atoms with Gasteiger partial charge in [0.05, 0.1) is 0 Å². The fourth-order valence-corrected chi connectivity index (χ4v) is 3.06. The number of rotatable bonds is 9. The van der Waals surface area contributed by atoms with Crippen molar-refractivity contribution in [3.8, 4) is 0 Å². The van der Waals surface area contributed by atoms with Crippen molar-refractivity contribution < 1.29 is 0 Å². The summed E-state index contributed by atoms with van der Waals surface area (Å²) in [7, 11) is 0. The Bertz CT molecular complexity index is 1000. The van der Waals surface area contributed by atoms with Gasteiger partial charge in [0, 0.05) is 19.6 Å². The summed E-state index contributed by atoms with van der Waals surface area (Å²) in [6.45, 7) is 5.70. The molecule has 0 radical (unpaired) electrons. The van der Waals surface area contributed by atoms with Crippen LogP contribution < -0.4 is 16.6 Å². The maximum absolute atomic E-state index is 12.9. The summed E-state index contributed by atoms with van der Waals surface area (Å²) in [5.41, 5.74) is 1.37. The van der Waals surface area contributed by atoms with Crippen molar-refractivity contribution in [3.63, 3.8) is 0 Å². The van der Waals surface area contributed by atoms with Gasteiger partial charge < -0.3 is 10.3 Å². The summed E-state index contributed by atoms with van der Waals surface area (Å²) in [5.74, 6) is 0.504. The minimum atomic E-state index is -0.295. The van der Waals surface area contributed by atoms with E-state index in [4.69, 9.17) is 0 Å². The van der Waals surface area contributed by atoms with Crippen molar-refractivity contribution >= 4 is 17.1 Å². The van der Waals surface area contributed by atoms with E-state index in [1.54, 1.807) is 4.57 Å². The number of hydrogen-bond donors (Lipinski definition) is 2. The first kappa shape index (κ1) is 18.9. The van der Waals surface area contributed by atoms with Crippen LogP contribution in [0, 0.1) is 0 Å². The average molecular weight is 369 g/mol. The summed E-state index contributed by atoms with van der Waals surface area (Å²) in [5, 5.41) is 3.21. The molecule has 0 unspecified atom stereocenters. The Morgan fingerprint density at radius 1 is 1.00 bits per heavy atom. The van der Waals surface area contributed by atoms with Crippen LogP contribution in [0.4, 0.5) is 5.95 Å². The van der Waals surface area contributed by atoms with Crippen molar-refractivity contribution in [1.82, 2.24) is 19.1 Å². The summed E-state index contributed by atoms with van der Waals surface area (Å²) in [6.07, 6.45) is 3.54. The van der Waals surface area contributed by atoms with Gasteiger partial charge in [-0.3, -0.25) is 13.9 Å². The molecule has 0 amide bonds. The van der Waals surface area contributed by atoms with Gasteiger partial charge in [-0.1, -0.05) is 57.0 Å². The Hall–Kier alpha value is -2.83. The molecule has 0 saturated heterocycles. The number of benzene rings is 1.